The van der Waals surface area contributed by atoms with Crippen molar-refractivity contribution in [2.45, 2.75) is 65.5 Å². The summed E-state index contributed by atoms with van der Waals surface area (Å²) in [5.74, 6) is 0. The lowest BCUT2D eigenvalue weighted by Crippen LogP contribution is -2.42. The van der Waals surface area contributed by atoms with Crippen molar-refractivity contribution in [2.75, 3.05) is 13.2 Å². The van der Waals surface area contributed by atoms with Crippen molar-refractivity contribution < 1.29 is 8.85 Å². The molecule has 0 spiro atoms. The van der Waals surface area contributed by atoms with E-state index in [-0.39, 0.29) is 0 Å². The largest absolute Gasteiger partial charge is 0.394 e. The van der Waals surface area contributed by atoms with E-state index in [0.717, 1.165) is 13.2 Å². The SMILES string of the molecule is CCCC[Si](CCCC)(OCC)OCC. The van der Waals surface area contributed by atoms with Crippen LogP contribution in [-0.4, -0.2) is 21.8 Å². The minimum atomic E-state index is -1.84. The summed E-state index contributed by atoms with van der Waals surface area (Å²) in [6.07, 6.45) is 4.97. The molecule has 0 heterocycles. The van der Waals surface area contributed by atoms with Crippen LogP contribution >= 0.6 is 0 Å². The van der Waals surface area contributed by atoms with E-state index < -0.39 is 8.56 Å². The Morgan fingerprint density at radius 3 is 1.40 bits per heavy atom. The van der Waals surface area contributed by atoms with Crippen LogP contribution in [0.5, 0.6) is 0 Å². The lowest BCUT2D eigenvalue weighted by molar-refractivity contribution is 0.180. The zero-order chi connectivity index (χ0) is 11.6. The molecule has 0 aromatic heterocycles. The van der Waals surface area contributed by atoms with Gasteiger partial charge in [-0.05, 0) is 25.9 Å². The van der Waals surface area contributed by atoms with Crippen LogP contribution in [0.25, 0.3) is 0 Å². The molecule has 0 saturated heterocycles. The molecule has 2 nitrogen and oxygen atoms in total. The van der Waals surface area contributed by atoms with E-state index in [9.17, 15) is 0 Å². The van der Waals surface area contributed by atoms with E-state index in [4.69, 9.17) is 8.85 Å². The third-order valence-corrected chi connectivity index (χ3v) is 6.50. The van der Waals surface area contributed by atoms with Crippen LogP contribution in [0.3, 0.4) is 0 Å². The van der Waals surface area contributed by atoms with Gasteiger partial charge in [0.2, 0.25) is 0 Å². The Bertz CT molecular complexity index is 124. The molecule has 3 heteroatoms. The van der Waals surface area contributed by atoms with Gasteiger partial charge in [0.25, 0.3) is 0 Å². The summed E-state index contributed by atoms with van der Waals surface area (Å²) in [6, 6.07) is 2.34. The van der Waals surface area contributed by atoms with E-state index >= 15 is 0 Å². The Morgan fingerprint density at radius 1 is 0.733 bits per heavy atom. The molecule has 0 atom stereocenters. The molecule has 92 valence electrons. The van der Waals surface area contributed by atoms with Gasteiger partial charge in [-0.25, -0.2) is 0 Å². The fourth-order valence-corrected chi connectivity index (χ4v) is 5.62. The van der Waals surface area contributed by atoms with Crippen molar-refractivity contribution in [3.05, 3.63) is 0 Å². The molecule has 0 aromatic rings. The molecule has 0 aliphatic rings. The fourth-order valence-electron chi connectivity index (χ4n) is 1.87. The summed E-state index contributed by atoms with van der Waals surface area (Å²) >= 11 is 0. The maximum absolute atomic E-state index is 5.99. The van der Waals surface area contributed by atoms with Crippen LogP contribution < -0.4 is 0 Å². The molecule has 0 unspecified atom stereocenters. The molecule has 0 amide bonds. The summed E-state index contributed by atoms with van der Waals surface area (Å²) in [5, 5.41) is 0. The van der Waals surface area contributed by atoms with Crippen molar-refractivity contribution in [1.29, 1.82) is 0 Å². The van der Waals surface area contributed by atoms with E-state index in [0.29, 0.717) is 0 Å². The number of hydrogen-bond donors (Lipinski definition) is 0. The van der Waals surface area contributed by atoms with Gasteiger partial charge < -0.3 is 8.85 Å². The smallest absolute Gasteiger partial charge is 0.338 e. The Hall–Kier alpha value is 0.137. The first-order valence-electron chi connectivity index (χ1n) is 6.52. The Balaban J connectivity index is 4.26. The van der Waals surface area contributed by atoms with Gasteiger partial charge in [0.05, 0.1) is 0 Å². The average molecular weight is 232 g/mol. The molecule has 15 heavy (non-hydrogen) atoms. The summed E-state index contributed by atoms with van der Waals surface area (Å²) in [6.45, 7) is 10.2. The van der Waals surface area contributed by atoms with Crippen molar-refractivity contribution in [3.8, 4) is 0 Å². The Kier molecular flexibility index (Phi) is 9.45. The molecule has 0 aromatic carbocycles. The third-order valence-electron chi connectivity index (χ3n) is 2.64. The van der Waals surface area contributed by atoms with Gasteiger partial charge >= 0.3 is 8.56 Å². The molecule has 0 saturated carbocycles. The maximum Gasteiger partial charge on any atom is 0.338 e. The highest BCUT2D eigenvalue weighted by Crippen LogP contribution is 2.24. The molecule has 0 fully saturated rings. The second kappa shape index (κ2) is 9.37. The first-order chi connectivity index (χ1) is 7.24. The molecule has 0 rings (SSSR count). The highest BCUT2D eigenvalue weighted by atomic mass is 28.4. The molecular formula is C12H28O2Si. The van der Waals surface area contributed by atoms with Crippen molar-refractivity contribution in [1.82, 2.24) is 0 Å². The Labute approximate surface area is 96.6 Å². The zero-order valence-corrected chi connectivity index (χ0v) is 12.0. The first-order valence-corrected chi connectivity index (χ1v) is 8.75. The molecule has 0 radical (unpaired) electrons. The summed E-state index contributed by atoms with van der Waals surface area (Å²) < 4.78 is 12.0. The van der Waals surface area contributed by atoms with E-state index in [2.05, 4.69) is 27.7 Å². The van der Waals surface area contributed by atoms with Gasteiger partial charge in [0.15, 0.2) is 0 Å². The molecule has 0 bridgehead atoms. The topological polar surface area (TPSA) is 18.5 Å². The predicted molar refractivity (Wildman–Crippen MR) is 68.4 cm³/mol. The average Bonchev–Trinajstić information content (AvgIpc) is 2.24. The summed E-state index contributed by atoms with van der Waals surface area (Å²) in [5.41, 5.74) is 0. The highest BCUT2D eigenvalue weighted by molar-refractivity contribution is 6.67. The molecular weight excluding hydrogens is 204 g/mol. The summed E-state index contributed by atoms with van der Waals surface area (Å²) in [4.78, 5) is 0. The van der Waals surface area contributed by atoms with Gasteiger partial charge in [0, 0.05) is 13.2 Å². The van der Waals surface area contributed by atoms with Crippen LogP contribution in [0.2, 0.25) is 12.1 Å². The normalized spacial score (nSPS) is 12.0. The van der Waals surface area contributed by atoms with Crippen LogP contribution in [0.4, 0.5) is 0 Å². The monoisotopic (exact) mass is 232 g/mol. The minimum absolute atomic E-state index is 0.805. The second-order valence-corrected chi connectivity index (χ2v) is 7.38. The first kappa shape index (κ1) is 15.1. The summed E-state index contributed by atoms with van der Waals surface area (Å²) in [7, 11) is -1.84. The van der Waals surface area contributed by atoms with E-state index in [1.807, 2.05) is 0 Å². The third kappa shape index (κ3) is 6.33. The van der Waals surface area contributed by atoms with Crippen LogP contribution in [0.1, 0.15) is 53.4 Å². The lowest BCUT2D eigenvalue weighted by atomic mass is 10.4. The van der Waals surface area contributed by atoms with Crippen LogP contribution in [0, 0.1) is 0 Å². The molecule has 0 N–H and O–H groups in total. The number of rotatable bonds is 10. The molecule has 0 aliphatic heterocycles. The van der Waals surface area contributed by atoms with Crippen LogP contribution in [0.15, 0.2) is 0 Å². The van der Waals surface area contributed by atoms with Gasteiger partial charge in [-0.15, -0.1) is 0 Å². The van der Waals surface area contributed by atoms with Crippen molar-refractivity contribution in [3.63, 3.8) is 0 Å². The van der Waals surface area contributed by atoms with Crippen molar-refractivity contribution in [2.24, 2.45) is 0 Å². The van der Waals surface area contributed by atoms with E-state index in [1.165, 1.54) is 37.8 Å². The molecule has 0 aliphatic carbocycles. The van der Waals surface area contributed by atoms with Gasteiger partial charge in [0.1, 0.15) is 0 Å². The Morgan fingerprint density at radius 2 is 1.13 bits per heavy atom. The fraction of sp³-hybridized carbons (Fsp3) is 1.00. The van der Waals surface area contributed by atoms with Crippen LogP contribution in [-0.2, 0) is 8.85 Å². The standard InChI is InChI=1S/C12H28O2Si/c1-5-9-11-15(13-7-3,14-8-4)12-10-6-2/h5-12H2,1-4H3. The van der Waals surface area contributed by atoms with E-state index in [1.54, 1.807) is 0 Å². The van der Waals surface area contributed by atoms with Gasteiger partial charge in [-0.2, -0.15) is 0 Å². The van der Waals surface area contributed by atoms with Gasteiger partial charge in [-0.1, -0.05) is 39.5 Å². The predicted octanol–water partition coefficient (Wildman–Crippen LogP) is 4.10. The highest BCUT2D eigenvalue weighted by Gasteiger charge is 2.35. The second-order valence-electron chi connectivity index (χ2n) is 3.98. The minimum Gasteiger partial charge on any atom is -0.394 e. The zero-order valence-electron chi connectivity index (χ0n) is 11.0. The number of unbranched alkanes of at least 4 members (excludes halogenated alkanes) is 2. The lowest BCUT2D eigenvalue weighted by Gasteiger charge is -2.30. The van der Waals surface area contributed by atoms with Crippen molar-refractivity contribution >= 4 is 8.56 Å². The van der Waals surface area contributed by atoms with Gasteiger partial charge in [-0.3, -0.25) is 0 Å². The number of hydrogen-bond acceptors (Lipinski definition) is 2. The maximum atomic E-state index is 5.99. The quantitative estimate of drug-likeness (QED) is 0.528.